The number of furan rings is 1. The van der Waals surface area contributed by atoms with Crippen LogP contribution in [-0.2, 0) is 6.54 Å². The summed E-state index contributed by atoms with van der Waals surface area (Å²) in [6.07, 6.45) is 0.630. The van der Waals surface area contributed by atoms with Gasteiger partial charge in [-0.25, -0.2) is 0 Å². The fourth-order valence-electron chi connectivity index (χ4n) is 2.15. The molecule has 0 unspecified atom stereocenters. The van der Waals surface area contributed by atoms with Crippen LogP contribution in [0.1, 0.15) is 26.0 Å². The second-order valence-electron chi connectivity index (χ2n) is 5.75. The van der Waals surface area contributed by atoms with Crippen molar-refractivity contribution >= 4 is 5.69 Å². The number of rotatable bonds is 7. The van der Waals surface area contributed by atoms with Gasteiger partial charge in [-0.15, -0.1) is 0 Å². The van der Waals surface area contributed by atoms with Gasteiger partial charge in [-0.2, -0.15) is 0 Å². The van der Waals surface area contributed by atoms with Gasteiger partial charge in [0, 0.05) is 18.2 Å². The van der Waals surface area contributed by atoms with Crippen LogP contribution >= 0.6 is 0 Å². The van der Waals surface area contributed by atoms with Crippen molar-refractivity contribution in [3.05, 3.63) is 52.3 Å². The van der Waals surface area contributed by atoms with Crippen molar-refractivity contribution in [3.8, 4) is 11.3 Å². The molecular formula is C16H20N2O4. The van der Waals surface area contributed by atoms with E-state index in [2.05, 4.69) is 5.32 Å². The van der Waals surface area contributed by atoms with E-state index in [0.29, 0.717) is 30.0 Å². The molecule has 0 spiro atoms. The van der Waals surface area contributed by atoms with Gasteiger partial charge in [0.25, 0.3) is 5.69 Å². The van der Waals surface area contributed by atoms with Crippen LogP contribution in [0.3, 0.4) is 0 Å². The van der Waals surface area contributed by atoms with Crippen LogP contribution in [-0.4, -0.2) is 22.2 Å². The molecule has 0 aliphatic rings. The number of hydrogen-bond donors (Lipinski definition) is 2. The summed E-state index contributed by atoms with van der Waals surface area (Å²) in [6, 6.07) is 10.0. The lowest BCUT2D eigenvalue weighted by Crippen LogP contribution is -2.39. The van der Waals surface area contributed by atoms with E-state index in [1.807, 2.05) is 13.8 Å². The average Bonchev–Trinajstić information content (AvgIpc) is 2.94. The monoisotopic (exact) mass is 304 g/mol. The highest BCUT2D eigenvalue weighted by Crippen LogP contribution is 2.30. The number of para-hydroxylation sites is 1. The topological polar surface area (TPSA) is 88.5 Å². The Kier molecular flexibility index (Phi) is 4.95. The molecule has 0 radical (unpaired) electrons. The highest BCUT2D eigenvalue weighted by Gasteiger charge is 2.19. The molecule has 2 aromatic rings. The van der Waals surface area contributed by atoms with Gasteiger partial charge in [0.05, 0.1) is 17.0 Å². The Morgan fingerprint density at radius 1 is 1.27 bits per heavy atom. The molecule has 0 saturated heterocycles. The molecule has 0 aliphatic heterocycles. The fourth-order valence-corrected chi connectivity index (χ4v) is 2.15. The van der Waals surface area contributed by atoms with Crippen LogP contribution in [0.15, 0.2) is 40.8 Å². The predicted octanol–water partition coefficient (Wildman–Crippen LogP) is 3.11. The molecular weight excluding hydrogens is 284 g/mol. The van der Waals surface area contributed by atoms with Crippen LogP contribution in [0.25, 0.3) is 11.3 Å². The number of nitro groups is 1. The largest absolute Gasteiger partial charge is 0.459 e. The van der Waals surface area contributed by atoms with Gasteiger partial charge in [-0.05, 0) is 38.5 Å². The number of nitrogens with zero attached hydrogens (tertiary/aromatic N) is 1. The zero-order chi connectivity index (χ0) is 16.2. The second-order valence-corrected chi connectivity index (χ2v) is 5.75. The molecule has 0 amide bonds. The van der Waals surface area contributed by atoms with Crippen molar-refractivity contribution < 1.29 is 14.4 Å². The lowest BCUT2D eigenvalue weighted by atomic mass is 10.0. The molecule has 0 aliphatic carbocycles. The van der Waals surface area contributed by atoms with Gasteiger partial charge < -0.3 is 14.8 Å². The first-order chi connectivity index (χ1) is 10.4. The summed E-state index contributed by atoms with van der Waals surface area (Å²) in [5, 5.41) is 23.4. The van der Waals surface area contributed by atoms with Crippen molar-refractivity contribution in [2.45, 2.75) is 32.4 Å². The summed E-state index contributed by atoms with van der Waals surface area (Å²) in [6.45, 7) is 4.59. The van der Waals surface area contributed by atoms with Gasteiger partial charge >= 0.3 is 0 Å². The molecule has 2 N–H and O–H groups in total. The Morgan fingerprint density at radius 2 is 2.00 bits per heavy atom. The maximum atomic E-state index is 11.1. The number of nitrogens with one attached hydrogen (secondary N) is 1. The van der Waals surface area contributed by atoms with Crippen molar-refractivity contribution in [2.75, 3.05) is 6.61 Å². The normalized spacial score (nSPS) is 11.6. The SMILES string of the molecule is CC(C)(CCO)NCc1ccc(-c2ccccc2[N+](=O)[O-])o1. The molecule has 0 fully saturated rings. The molecule has 22 heavy (non-hydrogen) atoms. The third-order valence-electron chi connectivity index (χ3n) is 3.51. The minimum Gasteiger partial charge on any atom is -0.459 e. The van der Waals surface area contributed by atoms with E-state index in [1.54, 1.807) is 30.3 Å². The van der Waals surface area contributed by atoms with Gasteiger partial charge in [-0.3, -0.25) is 10.1 Å². The van der Waals surface area contributed by atoms with Gasteiger partial charge in [0.15, 0.2) is 0 Å². The third kappa shape index (κ3) is 3.93. The van der Waals surface area contributed by atoms with Crippen molar-refractivity contribution in [1.82, 2.24) is 5.32 Å². The number of aliphatic hydroxyl groups excluding tert-OH is 1. The predicted molar refractivity (Wildman–Crippen MR) is 83.4 cm³/mol. The molecule has 0 atom stereocenters. The fraction of sp³-hybridized carbons (Fsp3) is 0.375. The molecule has 1 aromatic carbocycles. The number of aliphatic hydroxyl groups is 1. The smallest absolute Gasteiger partial charge is 0.280 e. The van der Waals surface area contributed by atoms with Crippen LogP contribution in [0.2, 0.25) is 0 Å². The van der Waals surface area contributed by atoms with Crippen molar-refractivity contribution in [2.24, 2.45) is 0 Å². The Hall–Kier alpha value is -2.18. The van der Waals surface area contributed by atoms with Crippen LogP contribution in [0.4, 0.5) is 5.69 Å². The van der Waals surface area contributed by atoms with Gasteiger partial charge in [-0.1, -0.05) is 12.1 Å². The average molecular weight is 304 g/mol. The van der Waals surface area contributed by atoms with Gasteiger partial charge in [0.1, 0.15) is 11.5 Å². The standard InChI is InChI=1S/C16H20N2O4/c1-16(2,9-10-19)17-11-12-7-8-15(22-12)13-5-3-4-6-14(13)18(20)21/h3-8,17,19H,9-11H2,1-2H3. The summed E-state index contributed by atoms with van der Waals surface area (Å²) in [7, 11) is 0. The lowest BCUT2D eigenvalue weighted by Gasteiger charge is -2.24. The highest BCUT2D eigenvalue weighted by atomic mass is 16.6. The molecule has 0 saturated carbocycles. The third-order valence-corrected chi connectivity index (χ3v) is 3.51. The Balaban J connectivity index is 2.14. The zero-order valence-electron chi connectivity index (χ0n) is 12.7. The Bertz CT molecular complexity index is 649. The Morgan fingerprint density at radius 3 is 2.68 bits per heavy atom. The summed E-state index contributed by atoms with van der Waals surface area (Å²) in [5.41, 5.74) is 0.283. The molecule has 0 bridgehead atoms. The number of benzene rings is 1. The van der Waals surface area contributed by atoms with Crippen molar-refractivity contribution in [1.29, 1.82) is 0 Å². The molecule has 118 valence electrons. The summed E-state index contributed by atoms with van der Waals surface area (Å²) >= 11 is 0. The van der Waals surface area contributed by atoms with Crippen molar-refractivity contribution in [3.63, 3.8) is 0 Å². The lowest BCUT2D eigenvalue weighted by molar-refractivity contribution is -0.384. The summed E-state index contributed by atoms with van der Waals surface area (Å²) in [4.78, 5) is 10.6. The summed E-state index contributed by atoms with van der Waals surface area (Å²) in [5.74, 6) is 1.17. The molecule has 1 aromatic heterocycles. The zero-order valence-corrected chi connectivity index (χ0v) is 12.7. The van der Waals surface area contributed by atoms with E-state index in [9.17, 15) is 10.1 Å². The van der Waals surface area contributed by atoms with E-state index in [1.165, 1.54) is 6.07 Å². The number of nitro benzene ring substituents is 1. The summed E-state index contributed by atoms with van der Waals surface area (Å²) < 4.78 is 5.70. The van der Waals surface area contributed by atoms with E-state index in [0.717, 1.165) is 0 Å². The molecule has 6 nitrogen and oxygen atoms in total. The first-order valence-electron chi connectivity index (χ1n) is 7.11. The first-order valence-corrected chi connectivity index (χ1v) is 7.11. The van der Waals surface area contributed by atoms with Crippen LogP contribution < -0.4 is 5.32 Å². The highest BCUT2D eigenvalue weighted by molar-refractivity contribution is 5.69. The quantitative estimate of drug-likeness (QED) is 0.606. The Labute approximate surface area is 128 Å². The maximum absolute atomic E-state index is 11.1. The van der Waals surface area contributed by atoms with E-state index < -0.39 is 4.92 Å². The van der Waals surface area contributed by atoms with Crippen LogP contribution in [0.5, 0.6) is 0 Å². The maximum Gasteiger partial charge on any atom is 0.280 e. The molecule has 6 heteroatoms. The van der Waals surface area contributed by atoms with E-state index in [4.69, 9.17) is 9.52 Å². The number of hydrogen-bond acceptors (Lipinski definition) is 5. The van der Waals surface area contributed by atoms with E-state index >= 15 is 0 Å². The minimum absolute atomic E-state index is 0.0250. The van der Waals surface area contributed by atoms with E-state index in [-0.39, 0.29) is 17.8 Å². The first kappa shape index (κ1) is 16.2. The van der Waals surface area contributed by atoms with Crippen LogP contribution in [0, 0.1) is 10.1 Å². The van der Waals surface area contributed by atoms with Gasteiger partial charge in [0.2, 0.25) is 0 Å². The second kappa shape index (κ2) is 6.72. The molecule has 2 rings (SSSR count). The molecule has 1 heterocycles. The minimum atomic E-state index is -0.417.